The number of fused-ring (bicyclic) bond motifs is 1. The normalized spacial score (nSPS) is 10.5. The fourth-order valence-corrected chi connectivity index (χ4v) is 1.10. The maximum absolute atomic E-state index is 10.4. The van der Waals surface area contributed by atoms with Crippen molar-refractivity contribution in [2.75, 3.05) is 0 Å². The average Bonchev–Trinajstić information content (AvgIpc) is 2.49. The van der Waals surface area contributed by atoms with Crippen LogP contribution in [0.4, 0.5) is 0 Å². The van der Waals surface area contributed by atoms with Crippen LogP contribution in [0.15, 0.2) is 18.5 Å². The van der Waals surface area contributed by atoms with Crippen LogP contribution in [0.1, 0.15) is 5.82 Å². The fraction of sp³-hybridized carbons (Fsp3) is 0.125. The van der Waals surface area contributed by atoms with Gasteiger partial charge in [0.05, 0.1) is 0 Å². The molecule has 0 atom stereocenters. The van der Waals surface area contributed by atoms with Crippen LogP contribution < -0.4 is 0 Å². The molecule has 66 valence electrons. The van der Waals surface area contributed by atoms with Crippen LogP contribution in [0.5, 0.6) is 0 Å². The Balaban J connectivity index is 2.42. The average molecular weight is 177 g/mol. The highest BCUT2D eigenvalue weighted by Crippen LogP contribution is 2.07. The second kappa shape index (κ2) is 2.85. The van der Waals surface area contributed by atoms with Gasteiger partial charge < -0.3 is 10.1 Å². The minimum absolute atomic E-state index is 0.144. The molecule has 2 N–H and O–H groups in total. The number of carbonyl (C=O) groups is 1. The molecule has 5 nitrogen and oxygen atoms in total. The van der Waals surface area contributed by atoms with Crippen molar-refractivity contribution in [3.8, 4) is 0 Å². The minimum Gasteiger partial charge on any atom is -0.481 e. The lowest BCUT2D eigenvalue weighted by Crippen LogP contribution is -2.04. The Morgan fingerprint density at radius 1 is 1.62 bits per heavy atom. The van der Waals surface area contributed by atoms with Gasteiger partial charge in [0.2, 0.25) is 0 Å². The number of hydrogen-bond acceptors (Lipinski definition) is 3. The Labute approximate surface area is 73.4 Å². The molecular formula is C8H7N3O2. The van der Waals surface area contributed by atoms with E-state index in [-0.39, 0.29) is 6.42 Å². The van der Waals surface area contributed by atoms with Gasteiger partial charge in [0.1, 0.15) is 17.9 Å². The van der Waals surface area contributed by atoms with Crippen LogP contribution in [-0.4, -0.2) is 26.0 Å². The molecule has 0 aromatic carbocycles. The van der Waals surface area contributed by atoms with Gasteiger partial charge >= 0.3 is 5.97 Å². The van der Waals surface area contributed by atoms with Gasteiger partial charge in [-0.2, -0.15) is 0 Å². The van der Waals surface area contributed by atoms with E-state index in [0.29, 0.717) is 11.5 Å². The molecule has 2 aromatic heterocycles. The molecule has 0 radical (unpaired) electrons. The summed E-state index contributed by atoms with van der Waals surface area (Å²) in [5.74, 6) is -0.603. The topological polar surface area (TPSA) is 78.9 Å². The highest BCUT2D eigenvalue weighted by atomic mass is 16.4. The number of aromatic amines is 1. The van der Waals surface area contributed by atoms with E-state index in [2.05, 4.69) is 15.0 Å². The highest BCUT2D eigenvalue weighted by molar-refractivity contribution is 5.75. The summed E-state index contributed by atoms with van der Waals surface area (Å²) in [5, 5.41) is 9.38. The highest BCUT2D eigenvalue weighted by Gasteiger charge is 2.04. The third kappa shape index (κ3) is 1.48. The summed E-state index contributed by atoms with van der Waals surface area (Å²) < 4.78 is 0. The van der Waals surface area contributed by atoms with E-state index in [1.807, 2.05) is 6.07 Å². The number of carboxylic acids is 1. The molecule has 0 aliphatic carbocycles. The molecular weight excluding hydrogens is 170 g/mol. The van der Waals surface area contributed by atoms with Gasteiger partial charge in [-0.15, -0.1) is 0 Å². The summed E-state index contributed by atoms with van der Waals surface area (Å²) in [6.07, 6.45) is 3.20. The zero-order valence-electron chi connectivity index (χ0n) is 6.69. The van der Waals surface area contributed by atoms with Crippen LogP contribution in [-0.2, 0) is 11.2 Å². The minimum atomic E-state index is -0.925. The zero-order chi connectivity index (χ0) is 9.26. The van der Waals surface area contributed by atoms with Crippen molar-refractivity contribution in [2.24, 2.45) is 0 Å². The molecule has 5 heteroatoms. The summed E-state index contributed by atoms with van der Waals surface area (Å²) in [7, 11) is 0. The molecule has 0 aliphatic rings. The van der Waals surface area contributed by atoms with E-state index in [4.69, 9.17) is 5.11 Å². The molecule has 0 bridgehead atoms. The molecule has 0 amide bonds. The van der Waals surface area contributed by atoms with E-state index in [1.54, 1.807) is 12.4 Å². The van der Waals surface area contributed by atoms with Gasteiger partial charge in [-0.25, -0.2) is 9.97 Å². The molecule has 13 heavy (non-hydrogen) atoms. The second-order valence-corrected chi connectivity index (χ2v) is 2.64. The molecule has 0 fully saturated rings. The molecule has 0 saturated heterocycles. The van der Waals surface area contributed by atoms with E-state index < -0.39 is 5.97 Å². The number of aliphatic carboxylic acids is 1. The smallest absolute Gasteiger partial charge is 0.311 e. The molecule has 2 aromatic rings. The first-order valence-electron chi connectivity index (χ1n) is 3.76. The van der Waals surface area contributed by atoms with Crippen molar-refractivity contribution in [3.05, 3.63) is 24.3 Å². The summed E-state index contributed by atoms with van der Waals surface area (Å²) >= 11 is 0. The van der Waals surface area contributed by atoms with Crippen molar-refractivity contribution in [1.82, 2.24) is 15.0 Å². The standard InChI is InChI=1S/C8H7N3O2/c12-7(13)3-6-10-4-5-1-2-9-8(5)11-6/h1-2,4H,3H2,(H,12,13)(H,9,10,11). The van der Waals surface area contributed by atoms with Crippen molar-refractivity contribution in [2.45, 2.75) is 6.42 Å². The lowest BCUT2D eigenvalue weighted by atomic mass is 10.3. The second-order valence-electron chi connectivity index (χ2n) is 2.64. The van der Waals surface area contributed by atoms with Crippen molar-refractivity contribution >= 4 is 17.0 Å². The third-order valence-electron chi connectivity index (χ3n) is 1.66. The van der Waals surface area contributed by atoms with Gasteiger partial charge in [-0.05, 0) is 6.07 Å². The number of nitrogens with zero attached hydrogens (tertiary/aromatic N) is 2. The van der Waals surface area contributed by atoms with Crippen LogP contribution in [0, 0.1) is 0 Å². The van der Waals surface area contributed by atoms with E-state index in [9.17, 15) is 4.79 Å². The summed E-state index contributed by atoms with van der Waals surface area (Å²) in [4.78, 5) is 21.2. The summed E-state index contributed by atoms with van der Waals surface area (Å²) in [6.45, 7) is 0. The Morgan fingerprint density at radius 3 is 3.23 bits per heavy atom. The van der Waals surface area contributed by atoms with E-state index in [1.165, 1.54) is 0 Å². The fourth-order valence-electron chi connectivity index (χ4n) is 1.10. The summed E-state index contributed by atoms with van der Waals surface area (Å²) in [6, 6.07) is 1.83. The van der Waals surface area contributed by atoms with Crippen LogP contribution in [0.25, 0.3) is 11.0 Å². The Bertz CT molecular complexity index is 449. The first kappa shape index (κ1) is 7.72. The zero-order valence-corrected chi connectivity index (χ0v) is 6.69. The molecule has 2 heterocycles. The Hall–Kier alpha value is -1.91. The summed E-state index contributed by atoms with van der Waals surface area (Å²) in [5.41, 5.74) is 0.672. The van der Waals surface area contributed by atoms with Crippen LogP contribution >= 0.6 is 0 Å². The largest absolute Gasteiger partial charge is 0.481 e. The van der Waals surface area contributed by atoms with Crippen LogP contribution in [0.3, 0.4) is 0 Å². The quantitative estimate of drug-likeness (QED) is 0.703. The maximum atomic E-state index is 10.4. The van der Waals surface area contributed by atoms with Gasteiger partial charge in [0.25, 0.3) is 0 Å². The lowest BCUT2D eigenvalue weighted by Gasteiger charge is -1.94. The third-order valence-corrected chi connectivity index (χ3v) is 1.66. The number of H-pyrrole nitrogens is 1. The van der Waals surface area contributed by atoms with E-state index >= 15 is 0 Å². The number of hydrogen-bond donors (Lipinski definition) is 2. The van der Waals surface area contributed by atoms with E-state index in [0.717, 1.165) is 5.39 Å². The molecule has 0 unspecified atom stereocenters. The van der Waals surface area contributed by atoms with Gasteiger partial charge in [0, 0.05) is 17.8 Å². The number of rotatable bonds is 2. The predicted octanol–water partition coefficient (Wildman–Crippen LogP) is 0.585. The molecule has 2 rings (SSSR count). The van der Waals surface area contributed by atoms with Gasteiger partial charge in [0.15, 0.2) is 0 Å². The Morgan fingerprint density at radius 2 is 2.46 bits per heavy atom. The number of nitrogens with one attached hydrogen (secondary N) is 1. The SMILES string of the molecule is O=C(O)Cc1ncc2cc[nH]c2n1. The van der Waals surface area contributed by atoms with Crippen LogP contribution in [0.2, 0.25) is 0 Å². The lowest BCUT2D eigenvalue weighted by molar-refractivity contribution is -0.136. The number of carboxylic acid groups (broad SMARTS) is 1. The molecule has 0 aliphatic heterocycles. The van der Waals surface area contributed by atoms with Crippen molar-refractivity contribution in [3.63, 3.8) is 0 Å². The number of aromatic nitrogens is 3. The maximum Gasteiger partial charge on any atom is 0.311 e. The van der Waals surface area contributed by atoms with Gasteiger partial charge in [-0.3, -0.25) is 4.79 Å². The van der Waals surface area contributed by atoms with Crippen molar-refractivity contribution < 1.29 is 9.90 Å². The molecule has 0 spiro atoms. The van der Waals surface area contributed by atoms with Gasteiger partial charge in [-0.1, -0.05) is 0 Å². The Kier molecular flexibility index (Phi) is 1.70. The first-order valence-corrected chi connectivity index (χ1v) is 3.76. The predicted molar refractivity (Wildman–Crippen MR) is 45.2 cm³/mol. The monoisotopic (exact) mass is 177 g/mol. The molecule has 0 saturated carbocycles. The van der Waals surface area contributed by atoms with Crippen molar-refractivity contribution in [1.29, 1.82) is 0 Å². The first-order chi connectivity index (χ1) is 6.25.